The van der Waals surface area contributed by atoms with Crippen molar-refractivity contribution < 1.29 is 22.1 Å². The Hall–Kier alpha value is -0.470. The van der Waals surface area contributed by atoms with Crippen molar-refractivity contribution in [3.63, 3.8) is 0 Å². The molecule has 36 heavy (non-hydrogen) atoms. The van der Waals surface area contributed by atoms with E-state index in [-0.39, 0.29) is 29.6 Å². The van der Waals surface area contributed by atoms with Gasteiger partial charge in [0.05, 0.1) is 24.6 Å². The van der Waals surface area contributed by atoms with Crippen molar-refractivity contribution in [1.82, 2.24) is 0 Å². The molecule has 5 fully saturated rings. The number of fused-ring (bicyclic) bond motifs is 7. The summed E-state index contributed by atoms with van der Waals surface area (Å²) in [7, 11) is -3.54. The van der Waals surface area contributed by atoms with Crippen molar-refractivity contribution in [2.45, 2.75) is 103 Å². The minimum Gasteiger partial charge on any atom is -0.349 e. The lowest BCUT2D eigenvalue weighted by molar-refractivity contribution is -0.272. The fourth-order valence-corrected chi connectivity index (χ4v) is 11.1. The summed E-state index contributed by atoms with van der Waals surface area (Å²) in [6.45, 7) is 10.7. The number of ether oxygens (including phenoxy) is 2. The molecule has 2 aliphatic heterocycles. The molecule has 3 saturated carbocycles. The first-order valence-electron chi connectivity index (χ1n) is 14.6. The van der Waals surface area contributed by atoms with Gasteiger partial charge >= 0.3 is 0 Å². The van der Waals surface area contributed by atoms with Gasteiger partial charge in [-0.2, -0.15) is 8.42 Å². The molecule has 0 bridgehead atoms. The fraction of sp³-hybridized carbons (Fsp3) is 0.931. The molecule has 204 valence electrons. The van der Waals surface area contributed by atoms with E-state index >= 15 is 0 Å². The van der Waals surface area contributed by atoms with Crippen molar-refractivity contribution in [2.75, 3.05) is 18.9 Å². The molecule has 0 aromatic heterocycles. The molecule has 6 nitrogen and oxygen atoms in total. The third-order valence-electron chi connectivity index (χ3n) is 12.0. The average Bonchev–Trinajstić information content (AvgIpc) is 3.26. The maximum atomic E-state index is 12.2. The largest absolute Gasteiger partial charge is 0.349 e. The zero-order chi connectivity index (χ0) is 25.5. The number of allylic oxidation sites excluding steroid dienone is 1. The average molecular weight is 522 g/mol. The monoisotopic (exact) mass is 521 g/mol. The van der Waals surface area contributed by atoms with Crippen LogP contribution in [0.1, 0.15) is 85.5 Å². The second-order valence-electron chi connectivity index (χ2n) is 13.8. The third-order valence-corrected chi connectivity index (χ3v) is 13.3. The summed E-state index contributed by atoms with van der Waals surface area (Å²) in [6.07, 6.45) is 12.2. The SMILES string of the molecule is CC1CC[C@@]2(OC1)O[C@H]1C[C@H]3[C@@H]4CC=C5CC(OS(=O)(=O)CCN)CC[C@]5(C)[C@H]4CC[C@]3(C)[C@H]1[C@@H]2C. The lowest BCUT2D eigenvalue weighted by Crippen LogP contribution is -2.52. The van der Waals surface area contributed by atoms with Crippen LogP contribution in [0.25, 0.3) is 0 Å². The first-order valence-corrected chi connectivity index (χ1v) is 16.2. The van der Waals surface area contributed by atoms with Crippen molar-refractivity contribution in [3.05, 3.63) is 11.6 Å². The van der Waals surface area contributed by atoms with Crippen molar-refractivity contribution in [2.24, 2.45) is 52.1 Å². The number of hydrogen-bond donors (Lipinski definition) is 1. The summed E-state index contributed by atoms with van der Waals surface area (Å²) in [5.41, 5.74) is 7.40. The van der Waals surface area contributed by atoms with Crippen LogP contribution in [0, 0.1) is 46.3 Å². The molecule has 2 heterocycles. The summed E-state index contributed by atoms with van der Waals surface area (Å²) in [6, 6.07) is 0. The summed E-state index contributed by atoms with van der Waals surface area (Å²) in [4.78, 5) is 0. The highest BCUT2D eigenvalue weighted by atomic mass is 32.2. The Kier molecular flexibility index (Phi) is 6.28. The molecule has 0 amide bonds. The van der Waals surface area contributed by atoms with Gasteiger partial charge < -0.3 is 15.2 Å². The van der Waals surface area contributed by atoms with Crippen molar-refractivity contribution in [1.29, 1.82) is 0 Å². The molecule has 11 atom stereocenters. The number of nitrogens with two attached hydrogens (primary N) is 1. The summed E-state index contributed by atoms with van der Waals surface area (Å²) >= 11 is 0. The molecule has 2 unspecified atom stereocenters. The first-order chi connectivity index (χ1) is 17.0. The smallest absolute Gasteiger partial charge is 0.268 e. The molecule has 6 rings (SSSR count). The lowest BCUT2D eigenvalue weighted by Gasteiger charge is -2.58. The van der Waals surface area contributed by atoms with E-state index < -0.39 is 10.1 Å². The van der Waals surface area contributed by atoms with E-state index in [1.165, 1.54) is 31.3 Å². The van der Waals surface area contributed by atoms with Crippen LogP contribution in [-0.2, 0) is 23.8 Å². The highest BCUT2D eigenvalue weighted by molar-refractivity contribution is 7.86. The molecule has 0 aromatic carbocycles. The zero-order valence-corrected chi connectivity index (χ0v) is 23.5. The number of hydrogen-bond acceptors (Lipinski definition) is 6. The molecule has 6 aliphatic rings. The molecule has 4 aliphatic carbocycles. The normalized spacial score (nSPS) is 52.3. The van der Waals surface area contributed by atoms with Crippen LogP contribution in [0.3, 0.4) is 0 Å². The topological polar surface area (TPSA) is 87.9 Å². The van der Waals surface area contributed by atoms with Crippen molar-refractivity contribution >= 4 is 10.1 Å². The van der Waals surface area contributed by atoms with Gasteiger partial charge in [0, 0.05) is 18.9 Å². The molecule has 1 spiro atoms. The van der Waals surface area contributed by atoms with Crippen LogP contribution in [0.15, 0.2) is 11.6 Å². The van der Waals surface area contributed by atoms with E-state index in [2.05, 4.69) is 33.8 Å². The van der Waals surface area contributed by atoms with Gasteiger partial charge in [-0.05, 0) is 91.8 Å². The lowest BCUT2D eigenvalue weighted by atomic mass is 9.47. The van der Waals surface area contributed by atoms with Gasteiger partial charge in [0.15, 0.2) is 5.79 Å². The Bertz CT molecular complexity index is 1000. The Morgan fingerprint density at radius 2 is 1.92 bits per heavy atom. The molecular weight excluding hydrogens is 474 g/mol. The summed E-state index contributed by atoms with van der Waals surface area (Å²) in [5.74, 6) is 3.30. The van der Waals surface area contributed by atoms with Crippen LogP contribution in [-0.4, -0.2) is 45.3 Å². The van der Waals surface area contributed by atoms with Gasteiger partial charge in [0.25, 0.3) is 10.1 Å². The van der Waals surface area contributed by atoms with E-state index in [4.69, 9.17) is 19.4 Å². The highest BCUT2D eigenvalue weighted by Crippen LogP contribution is 2.70. The molecule has 2 saturated heterocycles. The van der Waals surface area contributed by atoms with Gasteiger partial charge in [-0.1, -0.05) is 39.3 Å². The third kappa shape index (κ3) is 3.81. The van der Waals surface area contributed by atoms with E-state index in [0.29, 0.717) is 47.0 Å². The highest BCUT2D eigenvalue weighted by Gasteiger charge is 2.68. The van der Waals surface area contributed by atoms with Crippen LogP contribution in [0.5, 0.6) is 0 Å². The predicted octanol–water partition coefficient (Wildman–Crippen LogP) is 5.03. The van der Waals surface area contributed by atoms with Gasteiger partial charge in [-0.3, -0.25) is 4.18 Å². The Balaban J connectivity index is 1.20. The van der Waals surface area contributed by atoms with Gasteiger partial charge in [0.1, 0.15) is 0 Å². The Morgan fingerprint density at radius 3 is 2.64 bits per heavy atom. The standard InChI is InChI=1S/C29H47NO5S/c1-18-7-12-29(33-17-18)19(2)26-25(34-29)16-24-22-6-5-20-15-21(35-36(31,32)14-13-30)8-10-27(20,3)23(22)9-11-28(24,26)4/h5,18-19,21-26H,6-17,30H2,1-4H3/t18?,19-,21?,22+,23-,24-,25-,26-,27-,28-,29+/m0/s1. The summed E-state index contributed by atoms with van der Waals surface area (Å²) in [5, 5.41) is 0. The molecule has 0 radical (unpaired) electrons. The molecule has 0 aromatic rings. The maximum absolute atomic E-state index is 12.2. The second kappa shape index (κ2) is 8.77. The van der Waals surface area contributed by atoms with Gasteiger partial charge in [-0.25, -0.2) is 0 Å². The first kappa shape index (κ1) is 25.8. The van der Waals surface area contributed by atoms with Gasteiger partial charge in [-0.15, -0.1) is 0 Å². The van der Waals surface area contributed by atoms with Crippen LogP contribution < -0.4 is 5.73 Å². The molecule has 2 N–H and O–H groups in total. The quantitative estimate of drug-likeness (QED) is 0.413. The Labute approximate surface area is 218 Å². The Morgan fingerprint density at radius 1 is 1.11 bits per heavy atom. The minimum atomic E-state index is -3.54. The summed E-state index contributed by atoms with van der Waals surface area (Å²) < 4.78 is 43.4. The van der Waals surface area contributed by atoms with E-state index in [1.807, 2.05) is 0 Å². The van der Waals surface area contributed by atoms with Crippen molar-refractivity contribution in [3.8, 4) is 0 Å². The van der Waals surface area contributed by atoms with Crippen LogP contribution >= 0.6 is 0 Å². The van der Waals surface area contributed by atoms with E-state index in [1.54, 1.807) is 0 Å². The minimum absolute atomic E-state index is 0.0983. The van der Waals surface area contributed by atoms with Crippen LogP contribution in [0.4, 0.5) is 0 Å². The molecular formula is C29H47NO5S. The van der Waals surface area contributed by atoms with E-state index in [9.17, 15) is 8.42 Å². The number of rotatable bonds is 4. The predicted molar refractivity (Wildman–Crippen MR) is 139 cm³/mol. The van der Waals surface area contributed by atoms with Crippen LogP contribution in [0.2, 0.25) is 0 Å². The maximum Gasteiger partial charge on any atom is 0.268 e. The molecule has 7 heteroatoms. The fourth-order valence-electron chi connectivity index (χ4n) is 10.1. The second-order valence-corrected chi connectivity index (χ2v) is 15.5. The zero-order valence-electron chi connectivity index (χ0n) is 22.7. The van der Waals surface area contributed by atoms with E-state index in [0.717, 1.165) is 38.7 Å². The van der Waals surface area contributed by atoms with Gasteiger partial charge in [0.2, 0.25) is 0 Å².